The minimum absolute atomic E-state index is 0.128. The topological polar surface area (TPSA) is 67.5 Å². The van der Waals surface area contributed by atoms with E-state index in [1.807, 2.05) is 0 Å². The lowest BCUT2D eigenvalue weighted by Crippen LogP contribution is -2.49. The minimum Gasteiger partial charge on any atom is -0.336 e. The number of carbonyl (C=O) groups is 1. The summed E-state index contributed by atoms with van der Waals surface area (Å²) in [5, 5.41) is 0.825. The van der Waals surface area contributed by atoms with Gasteiger partial charge in [0.2, 0.25) is 0 Å². The Hall–Kier alpha value is -2.09. The van der Waals surface area contributed by atoms with Gasteiger partial charge in [0.25, 0.3) is 11.5 Å². The van der Waals surface area contributed by atoms with Gasteiger partial charge in [-0.15, -0.1) is 0 Å². The molecule has 9 heteroatoms. The highest BCUT2D eigenvalue weighted by molar-refractivity contribution is 6.36. The fourth-order valence-corrected chi connectivity index (χ4v) is 3.59. The van der Waals surface area contributed by atoms with Crippen molar-refractivity contribution in [1.29, 1.82) is 0 Å². The van der Waals surface area contributed by atoms with Crippen LogP contribution in [0.3, 0.4) is 0 Å². The number of rotatable bonds is 3. The Kier molecular flexibility index (Phi) is 5.74. The van der Waals surface area contributed by atoms with Gasteiger partial charge in [0.1, 0.15) is 0 Å². The van der Waals surface area contributed by atoms with Crippen molar-refractivity contribution in [3.63, 3.8) is 0 Å². The molecule has 1 aliphatic heterocycles. The van der Waals surface area contributed by atoms with Gasteiger partial charge in [-0.05, 0) is 18.2 Å². The Morgan fingerprint density at radius 2 is 1.67 bits per heavy atom. The molecule has 144 valence electrons. The number of nitrogens with zero attached hydrogens (tertiary/aromatic N) is 4. The number of hydrogen-bond donors (Lipinski definition) is 0. The smallest absolute Gasteiger partial charge is 0.330 e. The molecule has 0 radical (unpaired) electrons. The Bertz CT molecular complexity index is 991. The third kappa shape index (κ3) is 4.10. The van der Waals surface area contributed by atoms with Crippen LogP contribution in [0.4, 0.5) is 0 Å². The van der Waals surface area contributed by atoms with Gasteiger partial charge in [0.05, 0.1) is 10.6 Å². The van der Waals surface area contributed by atoms with E-state index in [4.69, 9.17) is 23.2 Å². The van der Waals surface area contributed by atoms with Gasteiger partial charge < -0.3 is 4.90 Å². The van der Waals surface area contributed by atoms with Crippen LogP contribution in [0.2, 0.25) is 10.0 Å². The lowest BCUT2D eigenvalue weighted by Gasteiger charge is -2.35. The Morgan fingerprint density at radius 3 is 2.30 bits per heavy atom. The zero-order chi connectivity index (χ0) is 19.7. The lowest BCUT2D eigenvalue weighted by atomic mass is 10.1. The second kappa shape index (κ2) is 7.88. The first-order chi connectivity index (χ1) is 12.8. The van der Waals surface area contributed by atoms with Crippen molar-refractivity contribution in [3.05, 3.63) is 66.4 Å². The van der Waals surface area contributed by atoms with Crippen LogP contribution in [0.15, 0.2) is 33.9 Å². The number of amides is 1. The normalized spacial score (nSPS) is 15.2. The predicted molar refractivity (Wildman–Crippen MR) is 105 cm³/mol. The molecule has 1 aromatic heterocycles. The van der Waals surface area contributed by atoms with Crippen LogP contribution in [0.25, 0.3) is 0 Å². The van der Waals surface area contributed by atoms with Crippen LogP contribution in [-0.2, 0) is 20.6 Å². The molecule has 0 N–H and O–H groups in total. The summed E-state index contributed by atoms with van der Waals surface area (Å²) in [6.07, 6.45) is 0. The summed E-state index contributed by atoms with van der Waals surface area (Å²) in [6.45, 7) is 2.83. The van der Waals surface area contributed by atoms with Crippen molar-refractivity contribution in [1.82, 2.24) is 18.9 Å². The summed E-state index contributed by atoms with van der Waals surface area (Å²) < 4.78 is 2.56. The zero-order valence-electron chi connectivity index (χ0n) is 15.1. The monoisotopic (exact) mass is 410 g/mol. The predicted octanol–water partition coefficient (Wildman–Crippen LogP) is 1.35. The van der Waals surface area contributed by atoms with E-state index >= 15 is 0 Å². The number of benzene rings is 1. The largest absolute Gasteiger partial charge is 0.336 e. The van der Waals surface area contributed by atoms with Gasteiger partial charge in [0.15, 0.2) is 0 Å². The number of aromatic nitrogens is 2. The van der Waals surface area contributed by atoms with E-state index in [-0.39, 0.29) is 17.2 Å². The van der Waals surface area contributed by atoms with Crippen molar-refractivity contribution in [2.24, 2.45) is 14.1 Å². The van der Waals surface area contributed by atoms with E-state index in [1.54, 1.807) is 30.1 Å². The standard InChI is InChI=1S/C18H20Cl2N4O3/c1-21-13(10-16(25)22(2)18(21)27)11-23-5-7-24(8-6-23)17(26)14-4-3-12(19)9-15(14)20/h3-4,9-10H,5-8,11H2,1-2H3. The van der Waals surface area contributed by atoms with E-state index in [0.717, 1.165) is 4.57 Å². The van der Waals surface area contributed by atoms with Gasteiger partial charge in [-0.3, -0.25) is 23.6 Å². The molecular formula is C18H20Cl2N4O3. The average molecular weight is 411 g/mol. The van der Waals surface area contributed by atoms with Gasteiger partial charge in [-0.2, -0.15) is 0 Å². The molecule has 27 heavy (non-hydrogen) atoms. The first-order valence-electron chi connectivity index (χ1n) is 8.50. The molecule has 2 heterocycles. The van der Waals surface area contributed by atoms with E-state index in [0.29, 0.717) is 54.0 Å². The zero-order valence-corrected chi connectivity index (χ0v) is 16.6. The van der Waals surface area contributed by atoms with E-state index in [2.05, 4.69) is 4.90 Å². The van der Waals surface area contributed by atoms with E-state index < -0.39 is 0 Å². The quantitative estimate of drug-likeness (QED) is 0.765. The van der Waals surface area contributed by atoms with Gasteiger partial charge >= 0.3 is 5.69 Å². The summed E-state index contributed by atoms with van der Waals surface area (Å²) >= 11 is 12.0. The second-order valence-electron chi connectivity index (χ2n) is 6.57. The van der Waals surface area contributed by atoms with Crippen LogP contribution in [0.5, 0.6) is 0 Å². The fourth-order valence-electron chi connectivity index (χ4n) is 3.10. The van der Waals surface area contributed by atoms with Crippen molar-refractivity contribution >= 4 is 29.1 Å². The van der Waals surface area contributed by atoms with Crippen LogP contribution < -0.4 is 11.2 Å². The fraction of sp³-hybridized carbons (Fsp3) is 0.389. The number of carbonyl (C=O) groups excluding carboxylic acids is 1. The SMILES string of the molecule is Cn1c(CN2CCN(C(=O)c3ccc(Cl)cc3Cl)CC2)cc(=O)n(C)c1=O. The summed E-state index contributed by atoms with van der Waals surface area (Å²) in [4.78, 5) is 40.4. The average Bonchev–Trinajstić information content (AvgIpc) is 2.64. The summed E-state index contributed by atoms with van der Waals surface area (Å²) in [6, 6.07) is 6.32. The van der Waals surface area contributed by atoms with E-state index in [9.17, 15) is 14.4 Å². The third-order valence-electron chi connectivity index (χ3n) is 4.83. The van der Waals surface area contributed by atoms with Crippen LogP contribution in [0, 0.1) is 0 Å². The molecule has 0 saturated carbocycles. The maximum atomic E-state index is 12.7. The van der Waals surface area contributed by atoms with E-state index in [1.165, 1.54) is 17.7 Å². The molecule has 1 saturated heterocycles. The number of piperazine rings is 1. The van der Waals surface area contributed by atoms with Crippen molar-refractivity contribution in [2.45, 2.75) is 6.54 Å². The van der Waals surface area contributed by atoms with Gasteiger partial charge in [-0.1, -0.05) is 23.2 Å². The van der Waals surface area contributed by atoms with Crippen molar-refractivity contribution in [3.8, 4) is 0 Å². The molecule has 3 rings (SSSR count). The molecule has 0 unspecified atom stereocenters. The highest BCUT2D eigenvalue weighted by Gasteiger charge is 2.24. The summed E-state index contributed by atoms with van der Waals surface area (Å²) in [5.74, 6) is -0.128. The Balaban J connectivity index is 1.67. The molecule has 0 spiro atoms. The molecule has 0 bridgehead atoms. The van der Waals surface area contributed by atoms with Crippen molar-refractivity contribution < 1.29 is 4.79 Å². The van der Waals surface area contributed by atoms with Gasteiger partial charge in [-0.25, -0.2) is 4.79 Å². The Morgan fingerprint density at radius 1 is 1.00 bits per heavy atom. The second-order valence-corrected chi connectivity index (χ2v) is 7.41. The molecule has 0 aliphatic carbocycles. The lowest BCUT2D eigenvalue weighted by molar-refractivity contribution is 0.0625. The summed E-state index contributed by atoms with van der Waals surface area (Å²) in [5.41, 5.74) is 0.426. The molecule has 1 aromatic carbocycles. The molecule has 0 atom stereocenters. The first-order valence-corrected chi connectivity index (χ1v) is 9.26. The molecular weight excluding hydrogens is 391 g/mol. The maximum Gasteiger partial charge on any atom is 0.330 e. The highest BCUT2D eigenvalue weighted by atomic mass is 35.5. The summed E-state index contributed by atoms with van der Waals surface area (Å²) in [7, 11) is 3.11. The molecule has 1 fully saturated rings. The van der Waals surface area contributed by atoms with Gasteiger partial charge in [0, 0.05) is 63.6 Å². The number of halogens is 2. The molecule has 2 aromatic rings. The number of hydrogen-bond acceptors (Lipinski definition) is 4. The minimum atomic E-state index is -0.344. The first kappa shape index (κ1) is 19.7. The maximum absolute atomic E-state index is 12.7. The van der Waals surface area contributed by atoms with Crippen LogP contribution in [0.1, 0.15) is 16.1 Å². The van der Waals surface area contributed by atoms with Crippen molar-refractivity contribution in [2.75, 3.05) is 26.2 Å². The van der Waals surface area contributed by atoms with Crippen LogP contribution >= 0.6 is 23.2 Å². The molecule has 7 nitrogen and oxygen atoms in total. The van der Waals surface area contributed by atoms with Crippen LogP contribution in [-0.4, -0.2) is 51.0 Å². The molecule has 1 aliphatic rings. The molecule has 1 amide bonds. The third-order valence-corrected chi connectivity index (χ3v) is 5.38. The highest BCUT2D eigenvalue weighted by Crippen LogP contribution is 2.23. The Labute approximate surface area is 166 Å².